The van der Waals surface area contributed by atoms with Gasteiger partial charge in [0.25, 0.3) is 5.91 Å². The van der Waals surface area contributed by atoms with E-state index in [1.165, 1.54) is 18.2 Å². The van der Waals surface area contributed by atoms with E-state index >= 15 is 0 Å². The van der Waals surface area contributed by atoms with Gasteiger partial charge in [0.15, 0.2) is 0 Å². The number of carbonyl (C=O) groups excluding carboxylic acids is 1. The lowest BCUT2D eigenvalue weighted by Gasteiger charge is -2.32. The number of hydrogen-bond donors (Lipinski definition) is 0. The SMILES string of the molecule is Cc1ccc(C(=O)N(C[C@@H]2CN(Cc3ccc(C(F)(F)F)cc3)C[C@@H]2c2cccc(F)c2)C(C)C)cc1. The third-order valence-corrected chi connectivity index (χ3v) is 7.09. The van der Waals surface area contributed by atoms with Crippen molar-refractivity contribution in [1.29, 1.82) is 0 Å². The molecule has 0 radical (unpaired) electrons. The quantitative estimate of drug-likeness (QED) is 0.321. The van der Waals surface area contributed by atoms with Crippen LogP contribution in [0.25, 0.3) is 0 Å². The van der Waals surface area contributed by atoms with E-state index < -0.39 is 11.7 Å². The molecule has 3 aromatic carbocycles. The van der Waals surface area contributed by atoms with Crippen molar-refractivity contribution in [2.45, 2.75) is 45.5 Å². The van der Waals surface area contributed by atoms with Gasteiger partial charge in [-0.2, -0.15) is 13.2 Å². The Morgan fingerprint density at radius 2 is 1.68 bits per heavy atom. The zero-order valence-electron chi connectivity index (χ0n) is 21.3. The van der Waals surface area contributed by atoms with Crippen molar-refractivity contribution < 1.29 is 22.4 Å². The molecule has 0 bridgehead atoms. The second-order valence-corrected chi connectivity index (χ2v) is 10.2. The first-order valence-corrected chi connectivity index (χ1v) is 12.5. The molecule has 1 aliphatic rings. The highest BCUT2D eigenvalue weighted by Crippen LogP contribution is 2.35. The number of likely N-dealkylation sites (tertiary alicyclic amines) is 1. The second kappa shape index (κ2) is 11.1. The first-order valence-electron chi connectivity index (χ1n) is 12.5. The largest absolute Gasteiger partial charge is 0.416 e. The maximum absolute atomic E-state index is 14.1. The number of rotatable bonds is 7. The first-order chi connectivity index (χ1) is 17.5. The predicted octanol–water partition coefficient (Wildman–Crippen LogP) is 6.92. The van der Waals surface area contributed by atoms with Gasteiger partial charge in [0.05, 0.1) is 5.56 Å². The van der Waals surface area contributed by atoms with Gasteiger partial charge in [-0.3, -0.25) is 9.69 Å². The van der Waals surface area contributed by atoms with Crippen LogP contribution >= 0.6 is 0 Å². The molecule has 1 fully saturated rings. The Labute approximate surface area is 215 Å². The standard InChI is InChI=1S/C30H32F4N2O/c1-20(2)36(29(37)23-11-7-21(3)8-12-23)18-25-17-35(19-28(25)24-5-4-6-27(31)15-24)16-22-9-13-26(14-10-22)30(32,33)34/h4-15,20,25,28H,16-19H2,1-3H3/t25-,28+/m0/s1. The summed E-state index contributed by atoms with van der Waals surface area (Å²) < 4.78 is 53.0. The predicted molar refractivity (Wildman–Crippen MR) is 137 cm³/mol. The third-order valence-electron chi connectivity index (χ3n) is 7.09. The van der Waals surface area contributed by atoms with Crippen molar-refractivity contribution in [3.8, 4) is 0 Å². The highest BCUT2D eigenvalue weighted by atomic mass is 19.4. The molecule has 0 unspecified atom stereocenters. The van der Waals surface area contributed by atoms with E-state index in [4.69, 9.17) is 0 Å². The normalized spacial score (nSPS) is 18.4. The highest BCUT2D eigenvalue weighted by Gasteiger charge is 2.37. The minimum absolute atomic E-state index is 0.0165. The molecule has 3 aromatic rings. The second-order valence-electron chi connectivity index (χ2n) is 10.2. The maximum Gasteiger partial charge on any atom is 0.416 e. The van der Waals surface area contributed by atoms with Crippen LogP contribution in [0, 0.1) is 18.7 Å². The average molecular weight is 513 g/mol. The molecule has 0 aromatic heterocycles. The van der Waals surface area contributed by atoms with Crippen LogP contribution in [-0.4, -0.2) is 41.4 Å². The van der Waals surface area contributed by atoms with Gasteiger partial charge in [0.2, 0.25) is 0 Å². The minimum atomic E-state index is -4.37. The monoisotopic (exact) mass is 512 g/mol. The van der Waals surface area contributed by atoms with Crippen molar-refractivity contribution >= 4 is 5.91 Å². The van der Waals surface area contributed by atoms with Crippen molar-refractivity contribution in [2.24, 2.45) is 5.92 Å². The number of carbonyl (C=O) groups is 1. The van der Waals surface area contributed by atoms with E-state index in [1.54, 1.807) is 12.1 Å². The molecule has 0 saturated carbocycles. The Morgan fingerprint density at radius 1 is 1.00 bits per heavy atom. The maximum atomic E-state index is 14.1. The summed E-state index contributed by atoms with van der Waals surface area (Å²) in [6, 6.07) is 19.3. The fraction of sp³-hybridized carbons (Fsp3) is 0.367. The topological polar surface area (TPSA) is 23.6 Å². The summed E-state index contributed by atoms with van der Waals surface area (Å²) in [5.74, 6) is -0.340. The lowest BCUT2D eigenvalue weighted by atomic mass is 9.88. The van der Waals surface area contributed by atoms with Crippen molar-refractivity contribution in [3.05, 3.63) is 106 Å². The Bertz CT molecular complexity index is 1210. The molecule has 3 nitrogen and oxygen atoms in total. The number of nitrogens with zero attached hydrogens (tertiary/aromatic N) is 2. The van der Waals surface area contributed by atoms with E-state index in [2.05, 4.69) is 4.90 Å². The van der Waals surface area contributed by atoms with Crippen LogP contribution in [0.2, 0.25) is 0 Å². The van der Waals surface area contributed by atoms with Crippen LogP contribution in [-0.2, 0) is 12.7 Å². The summed E-state index contributed by atoms with van der Waals surface area (Å²) in [6.45, 7) is 8.19. The number of aryl methyl sites for hydroxylation is 1. The number of benzene rings is 3. The minimum Gasteiger partial charge on any atom is -0.336 e. The van der Waals surface area contributed by atoms with Crippen molar-refractivity contribution in [2.75, 3.05) is 19.6 Å². The van der Waals surface area contributed by atoms with Crippen LogP contribution in [0.4, 0.5) is 17.6 Å². The summed E-state index contributed by atoms with van der Waals surface area (Å²) in [5, 5.41) is 0. The van der Waals surface area contributed by atoms with Crippen molar-refractivity contribution in [1.82, 2.24) is 9.80 Å². The molecule has 37 heavy (non-hydrogen) atoms. The molecule has 2 atom stereocenters. The number of alkyl halides is 3. The molecule has 1 heterocycles. The lowest BCUT2D eigenvalue weighted by Crippen LogP contribution is -2.42. The van der Waals surface area contributed by atoms with E-state index in [1.807, 2.05) is 56.0 Å². The van der Waals surface area contributed by atoms with Crippen LogP contribution in [0.1, 0.15) is 52.4 Å². The Morgan fingerprint density at radius 3 is 2.27 bits per heavy atom. The van der Waals surface area contributed by atoms with Crippen LogP contribution in [0.5, 0.6) is 0 Å². The van der Waals surface area contributed by atoms with Gasteiger partial charge in [-0.25, -0.2) is 4.39 Å². The summed E-state index contributed by atoms with van der Waals surface area (Å²) in [6.07, 6.45) is -4.37. The Hall–Kier alpha value is -3.19. The molecule has 196 valence electrons. The number of amides is 1. The van der Waals surface area contributed by atoms with Gasteiger partial charge >= 0.3 is 6.18 Å². The van der Waals surface area contributed by atoms with Gasteiger partial charge in [-0.1, -0.05) is 42.0 Å². The molecule has 0 aliphatic carbocycles. The molecular formula is C30H32F4N2O. The zero-order valence-corrected chi connectivity index (χ0v) is 21.3. The smallest absolute Gasteiger partial charge is 0.336 e. The van der Waals surface area contributed by atoms with E-state index in [9.17, 15) is 22.4 Å². The number of halogens is 4. The molecule has 0 N–H and O–H groups in total. The summed E-state index contributed by atoms with van der Waals surface area (Å²) in [7, 11) is 0. The van der Waals surface area contributed by atoms with Gasteiger partial charge < -0.3 is 4.90 Å². The van der Waals surface area contributed by atoms with E-state index in [-0.39, 0.29) is 29.6 Å². The molecule has 7 heteroatoms. The molecule has 4 rings (SSSR count). The zero-order chi connectivity index (χ0) is 26.7. The number of hydrogen-bond acceptors (Lipinski definition) is 2. The fourth-order valence-corrected chi connectivity index (χ4v) is 5.09. The Kier molecular flexibility index (Phi) is 8.02. The third kappa shape index (κ3) is 6.58. The average Bonchev–Trinajstić information content (AvgIpc) is 3.24. The molecule has 0 spiro atoms. The van der Waals surface area contributed by atoms with E-state index in [0.29, 0.717) is 31.7 Å². The molecule has 1 amide bonds. The van der Waals surface area contributed by atoms with Gasteiger partial charge in [-0.15, -0.1) is 0 Å². The van der Waals surface area contributed by atoms with Crippen LogP contribution < -0.4 is 0 Å². The van der Waals surface area contributed by atoms with Crippen LogP contribution in [0.3, 0.4) is 0 Å². The van der Waals surface area contributed by atoms with Gasteiger partial charge in [0.1, 0.15) is 5.82 Å². The highest BCUT2D eigenvalue weighted by molar-refractivity contribution is 5.94. The summed E-state index contributed by atoms with van der Waals surface area (Å²) >= 11 is 0. The van der Waals surface area contributed by atoms with Gasteiger partial charge in [0, 0.05) is 43.7 Å². The molecular weight excluding hydrogens is 480 g/mol. The molecule has 1 saturated heterocycles. The fourth-order valence-electron chi connectivity index (χ4n) is 5.09. The molecule has 1 aliphatic heterocycles. The Balaban J connectivity index is 1.56. The van der Waals surface area contributed by atoms with Crippen LogP contribution in [0.15, 0.2) is 72.8 Å². The lowest BCUT2D eigenvalue weighted by molar-refractivity contribution is -0.137. The summed E-state index contributed by atoms with van der Waals surface area (Å²) in [5.41, 5.74) is 2.68. The van der Waals surface area contributed by atoms with Gasteiger partial charge in [-0.05, 0) is 74.2 Å². The van der Waals surface area contributed by atoms with Crippen molar-refractivity contribution in [3.63, 3.8) is 0 Å². The first kappa shape index (κ1) is 26.9. The summed E-state index contributed by atoms with van der Waals surface area (Å²) in [4.78, 5) is 17.5. The van der Waals surface area contributed by atoms with E-state index in [0.717, 1.165) is 28.8 Å².